The molecular formula is C20H21NO5. The predicted molar refractivity (Wildman–Crippen MR) is 95.1 cm³/mol. The average molecular weight is 355 g/mol. The highest BCUT2D eigenvalue weighted by Gasteiger charge is 2.30. The molecule has 0 bridgehead atoms. The Morgan fingerprint density at radius 1 is 1.27 bits per heavy atom. The molecule has 0 saturated carbocycles. The minimum Gasteiger partial charge on any atom is -0.490 e. The summed E-state index contributed by atoms with van der Waals surface area (Å²) in [5.74, 6) is -0.339. The standard InChI is InChI=1S/C20H21NO5/c1-13-7-8-18-15(9-13)10-16(26-18)11-17(19(22)23)21-20(24)25-12-14-5-3-2-4-6-14/h2-9,16-17H,10-12H2,1H3,(H,21,24)(H,22,23). The Labute approximate surface area is 151 Å². The number of alkyl carbamates (subject to hydrolysis) is 1. The summed E-state index contributed by atoms with van der Waals surface area (Å²) >= 11 is 0. The topological polar surface area (TPSA) is 84.9 Å². The SMILES string of the molecule is Cc1ccc2c(c1)CC(CC(NC(=O)OCc1ccccc1)C(=O)O)O2. The van der Waals surface area contributed by atoms with E-state index in [1.807, 2.05) is 55.5 Å². The molecule has 1 amide bonds. The normalized spacial score (nSPS) is 16.3. The highest BCUT2D eigenvalue weighted by molar-refractivity contribution is 5.79. The molecule has 1 aliphatic rings. The number of aryl methyl sites for hydroxylation is 1. The van der Waals surface area contributed by atoms with Crippen LogP contribution in [0.4, 0.5) is 4.79 Å². The van der Waals surface area contributed by atoms with E-state index in [2.05, 4.69) is 5.32 Å². The van der Waals surface area contributed by atoms with Gasteiger partial charge in [0.25, 0.3) is 0 Å². The van der Waals surface area contributed by atoms with E-state index in [-0.39, 0.29) is 19.1 Å². The number of ether oxygens (including phenoxy) is 2. The second-order valence-corrected chi connectivity index (χ2v) is 6.39. The van der Waals surface area contributed by atoms with Gasteiger partial charge in [-0.25, -0.2) is 9.59 Å². The summed E-state index contributed by atoms with van der Waals surface area (Å²) in [4.78, 5) is 23.4. The monoisotopic (exact) mass is 355 g/mol. The van der Waals surface area contributed by atoms with E-state index in [0.717, 1.165) is 22.4 Å². The number of carbonyl (C=O) groups excluding carboxylic acids is 1. The maximum Gasteiger partial charge on any atom is 0.408 e. The van der Waals surface area contributed by atoms with Crippen LogP contribution in [-0.4, -0.2) is 29.3 Å². The fourth-order valence-electron chi connectivity index (χ4n) is 2.97. The Balaban J connectivity index is 1.53. The van der Waals surface area contributed by atoms with Crippen LogP contribution in [-0.2, 0) is 22.6 Å². The van der Waals surface area contributed by atoms with Crippen molar-refractivity contribution >= 4 is 12.1 Å². The van der Waals surface area contributed by atoms with E-state index in [9.17, 15) is 14.7 Å². The Hall–Kier alpha value is -3.02. The third kappa shape index (κ3) is 4.53. The minimum atomic E-state index is -1.11. The number of carbonyl (C=O) groups is 2. The largest absolute Gasteiger partial charge is 0.490 e. The van der Waals surface area contributed by atoms with Gasteiger partial charge < -0.3 is 19.9 Å². The van der Waals surface area contributed by atoms with Gasteiger partial charge in [-0.05, 0) is 24.1 Å². The van der Waals surface area contributed by atoms with Crippen molar-refractivity contribution in [2.75, 3.05) is 0 Å². The van der Waals surface area contributed by atoms with Gasteiger partial charge >= 0.3 is 12.1 Å². The number of nitrogens with one attached hydrogen (secondary N) is 1. The third-order valence-corrected chi connectivity index (χ3v) is 4.26. The van der Waals surface area contributed by atoms with Crippen molar-refractivity contribution in [2.24, 2.45) is 0 Å². The molecule has 2 aromatic rings. The van der Waals surface area contributed by atoms with Crippen LogP contribution in [0.15, 0.2) is 48.5 Å². The second-order valence-electron chi connectivity index (χ2n) is 6.39. The molecule has 2 atom stereocenters. The average Bonchev–Trinajstić information content (AvgIpc) is 3.01. The highest BCUT2D eigenvalue weighted by atomic mass is 16.5. The summed E-state index contributed by atoms with van der Waals surface area (Å²) in [6.07, 6.45) is -0.250. The molecule has 136 valence electrons. The number of carboxylic acid groups (broad SMARTS) is 1. The van der Waals surface area contributed by atoms with Crippen molar-refractivity contribution in [1.29, 1.82) is 0 Å². The van der Waals surface area contributed by atoms with Crippen LogP contribution in [0.2, 0.25) is 0 Å². The highest BCUT2D eigenvalue weighted by Crippen LogP contribution is 2.31. The van der Waals surface area contributed by atoms with Gasteiger partial charge in [-0.15, -0.1) is 0 Å². The molecule has 2 aromatic carbocycles. The lowest BCUT2D eigenvalue weighted by Crippen LogP contribution is -2.43. The molecule has 6 heteroatoms. The zero-order valence-corrected chi connectivity index (χ0v) is 14.5. The molecule has 0 radical (unpaired) electrons. The van der Waals surface area contributed by atoms with E-state index in [0.29, 0.717) is 6.42 Å². The number of rotatable bonds is 6. The van der Waals surface area contributed by atoms with E-state index in [4.69, 9.17) is 9.47 Å². The molecule has 0 aliphatic carbocycles. The Morgan fingerprint density at radius 2 is 2.04 bits per heavy atom. The number of carboxylic acids is 1. The molecule has 1 aliphatic heterocycles. The van der Waals surface area contributed by atoms with E-state index >= 15 is 0 Å². The molecule has 0 fully saturated rings. The molecule has 2 unspecified atom stereocenters. The third-order valence-electron chi connectivity index (χ3n) is 4.26. The second kappa shape index (κ2) is 7.91. The van der Waals surface area contributed by atoms with Crippen LogP contribution >= 0.6 is 0 Å². The van der Waals surface area contributed by atoms with Crippen LogP contribution in [0.3, 0.4) is 0 Å². The van der Waals surface area contributed by atoms with Crippen LogP contribution in [0.1, 0.15) is 23.1 Å². The van der Waals surface area contributed by atoms with Crippen molar-refractivity contribution < 1.29 is 24.2 Å². The molecule has 0 saturated heterocycles. The minimum absolute atomic E-state index is 0.0870. The fraction of sp³-hybridized carbons (Fsp3) is 0.300. The smallest absolute Gasteiger partial charge is 0.408 e. The first-order valence-electron chi connectivity index (χ1n) is 8.47. The number of hydrogen-bond donors (Lipinski definition) is 2. The summed E-state index contributed by atoms with van der Waals surface area (Å²) < 4.78 is 10.9. The van der Waals surface area contributed by atoms with Gasteiger partial charge in [0.1, 0.15) is 24.5 Å². The number of hydrogen-bond acceptors (Lipinski definition) is 4. The zero-order valence-electron chi connectivity index (χ0n) is 14.5. The van der Waals surface area contributed by atoms with Crippen LogP contribution in [0.5, 0.6) is 5.75 Å². The molecule has 2 N–H and O–H groups in total. The Kier molecular flexibility index (Phi) is 5.41. The maximum absolute atomic E-state index is 11.9. The summed E-state index contributed by atoms with van der Waals surface area (Å²) in [5, 5.41) is 11.8. The van der Waals surface area contributed by atoms with Gasteiger partial charge in [0.05, 0.1) is 0 Å². The fourth-order valence-corrected chi connectivity index (χ4v) is 2.97. The van der Waals surface area contributed by atoms with E-state index < -0.39 is 18.1 Å². The summed E-state index contributed by atoms with van der Waals surface area (Å²) in [6, 6.07) is 14.0. The zero-order chi connectivity index (χ0) is 18.5. The van der Waals surface area contributed by atoms with Gasteiger partial charge in [-0.3, -0.25) is 0 Å². The predicted octanol–water partition coefficient (Wildman–Crippen LogP) is 3.07. The molecule has 0 spiro atoms. The molecule has 0 aromatic heterocycles. The van der Waals surface area contributed by atoms with Gasteiger partial charge in [-0.1, -0.05) is 48.0 Å². The van der Waals surface area contributed by atoms with Crippen LogP contribution in [0.25, 0.3) is 0 Å². The molecule has 3 rings (SSSR count). The number of aliphatic carboxylic acids is 1. The van der Waals surface area contributed by atoms with Crippen molar-refractivity contribution in [3.05, 3.63) is 65.2 Å². The molecular weight excluding hydrogens is 334 g/mol. The summed E-state index contributed by atoms with van der Waals surface area (Å²) in [5.41, 5.74) is 3.02. The lowest BCUT2D eigenvalue weighted by atomic mass is 10.0. The van der Waals surface area contributed by atoms with Gasteiger partial charge in [0, 0.05) is 12.8 Å². The first-order chi connectivity index (χ1) is 12.5. The first-order valence-corrected chi connectivity index (χ1v) is 8.47. The van der Waals surface area contributed by atoms with Crippen LogP contribution in [0, 0.1) is 6.92 Å². The van der Waals surface area contributed by atoms with Crippen molar-refractivity contribution in [3.8, 4) is 5.75 Å². The number of fused-ring (bicyclic) bond motifs is 1. The van der Waals surface area contributed by atoms with Gasteiger partial charge in [-0.2, -0.15) is 0 Å². The van der Waals surface area contributed by atoms with Crippen molar-refractivity contribution in [2.45, 2.75) is 38.5 Å². The number of amides is 1. The Bertz CT molecular complexity index is 790. The van der Waals surface area contributed by atoms with Crippen LogP contribution < -0.4 is 10.1 Å². The Morgan fingerprint density at radius 3 is 2.77 bits per heavy atom. The molecule has 1 heterocycles. The molecule has 26 heavy (non-hydrogen) atoms. The van der Waals surface area contributed by atoms with Gasteiger partial charge in [0.2, 0.25) is 0 Å². The maximum atomic E-state index is 11.9. The van der Waals surface area contributed by atoms with Crippen molar-refractivity contribution in [1.82, 2.24) is 5.32 Å². The first kappa shape index (κ1) is 17.8. The lowest BCUT2D eigenvalue weighted by Gasteiger charge is -2.18. The summed E-state index contributed by atoms with van der Waals surface area (Å²) in [7, 11) is 0. The quantitative estimate of drug-likeness (QED) is 0.832. The van der Waals surface area contributed by atoms with Gasteiger partial charge in [0.15, 0.2) is 0 Å². The lowest BCUT2D eigenvalue weighted by molar-refractivity contribution is -0.140. The van der Waals surface area contributed by atoms with Crippen molar-refractivity contribution in [3.63, 3.8) is 0 Å². The molecule has 6 nitrogen and oxygen atoms in total. The number of benzene rings is 2. The summed E-state index contributed by atoms with van der Waals surface area (Å²) in [6.45, 7) is 2.08. The van der Waals surface area contributed by atoms with E-state index in [1.54, 1.807) is 0 Å². The van der Waals surface area contributed by atoms with E-state index in [1.165, 1.54) is 0 Å².